The Morgan fingerprint density at radius 3 is 2.71 bits per heavy atom. The van der Waals surface area contributed by atoms with Crippen molar-refractivity contribution in [3.8, 4) is 6.07 Å². The van der Waals surface area contributed by atoms with E-state index in [1.807, 2.05) is 12.1 Å². The topological polar surface area (TPSA) is 82.4 Å². The van der Waals surface area contributed by atoms with E-state index in [0.29, 0.717) is 11.4 Å². The van der Waals surface area contributed by atoms with E-state index >= 15 is 0 Å². The summed E-state index contributed by atoms with van der Waals surface area (Å²) in [6.07, 6.45) is -0.0478. The van der Waals surface area contributed by atoms with E-state index in [4.69, 9.17) is 21.6 Å². The molecule has 8 heteroatoms. The van der Waals surface area contributed by atoms with Gasteiger partial charge in [0.2, 0.25) is 5.91 Å². The molecule has 1 aliphatic rings. The number of rotatable bonds is 5. The molecular weight excluding hydrogens is 398 g/mol. The van der Waals surface area contributed by atoms with Crippen LogP contribution in [-0.2, 0) is 14.3 Å². The van der Waals surface area contributed by atoms with Gasteiger partial charge in [-0.1, -0.05) is 27.5 Å². The van der Waals surface area contributed by atoms with Crippen molar-refractivity contribution in [1.29, 1.82) is 5.26 Å². The number of carbonyl (C=O) groups is 2. The molecule has 126 valence electrons. The Labute approximate surface area is 153 Å². The molecule has 1 atom stereocenters. The van der Waals surface area contributed by atoms with Crippen LogP contribution < -0.4 is 10.2 Å². The number of benzene rings is 1. The second-order valence-electron chi connectivity index (χ2n) is 4.92. The molecule has 1 N–H and O–H groups in total. The lowest BCUT2D eigenvalue weighted by molar-refractivity contribution is -0.138. The Bertz CT molecular complexity index is 712. The Morgan fingerprint density at radius 2 is 2.12 bits per heavy atom. The molecular formula is C16H15BrClN3O3. The van der Waals surface area contributed by atoms with E-state index < -0.39 is 17.4 Å². The maximum atomic E-state index is 12.4. The normalized spacial score (nSPS) is 16.8. The number of nitriles is 1. The molecule has 0 spiro atoms. The predicted octanol–water partition coefficient (Wildman–Crippen LogP) is 3.03. The zero-order valence-corrected chi connectivity index (χ0v) is 15.2. The zero-order valence-electron chi connectivity index (χ0n) is 12.9. The van der Waals surface area contributed by atoms with Crippen molar-refractivity contribution in [3.05, 3.63) is 40.1 Å². The summed E-state index contributed by atoms with van der Waals surface area (Å²) < 4.78 is 5.99. The molecule has 1 aromatic rings. The molecule has 0 bridgehead atoms. The minimum atomic E-state index is -0.573. The fraction of sp³-hybridized carbons (Fsp3) is 0.312. The standard InChI is InChI=1S/C16H15BrClN3O3/c1-2-24-16(23)15-12(20-14(22)7-8-19)9-13(18)21(15)11-5-3-10(17)4-6-11/h3-6,13H,2,7,9H2,1H3,(H,20,22). The third-order valence-corrected chi connectivity index (χ3v) is 4.16. The third kappa shape index (κ3) is 4.08. The number of carbonyl (C=O) groups excluding carboxylic acids is 2. The lowest BCUT2D eigenvalue weighted by Crippen LogP contribution is -2.31. The van der Waals surface area contributed by atoms with Crippen LogP contribution in [0.2, 0.25) is 0 Å². The van der Waals surface area contributed by atoms with Crippen LogP contribution in [0.1, 0.15) is 19.8 Å². The van der Waals surface area contributed by atoms with Crippen molar-refractivity contribution in [1.82, 2.24) is 5.32 Å². The molecule has 6 nitrogen and oxygen atoms in total. The van der Waals surface area contributed by atoms with Crippen LogP contribution in [0.4, 0.5) is 5.69 Å². The van der Waals surface area contributed by atoms with Crippen LogP contribution in [0.15, 0.2) is 40.1 Å². The van der Waals surface area contributed by atoms with Crippen LogP contribution in [0.5, 0.6) is 0 Å². The van der Waals surface area contributed by atoms with Gasteiger partial charge in [-0.3, -0.25) is 4.79 Å². The molecule has 1 unspecified atom stereocenters. The molecule has 0 aromatic heterocycles. The Morgan fingerprint density at radius 1 is 1.46 bits per heavy atom. The monoisotopic (exact) mass is 411 g/mol. The maximum absolute atomic E-state index is 12.4. The molecule has 0 radical (unpaired) electrons. The highest BCUT2D eigenvalue weighted by atomic mass is 79.9. The number of hydrogen-bond donors (Lipinski definition) is 1. The SMILES string of the molecule is CCOC(=O)C1=C(NC(=O)CC#N)CC(Cl)N1c1ccc(Br)cc1. The summed E-state index contributed by atoms with van der Waals surface area (Å²) in [6, 6.07) is 9.03. The van der Waals surface area contributed by atoms with Crippen molar-refractivity contribution in [2.75, 3.05) is 11.5 Å². The van der Waals surface area contributed by atoms with E-state index in [1.54, 1.807) is 30.0 Å². The smallest absolute Gasteiger partial charge is 0.356 e. The Balaban J connectivity index is 2.41. The number of hydrogen-bond acceptors (Lipinski definition) is 5. The molecule has 1 aliphatic heterocycles. The number of halogens is 2. The van der Waals surface area contributed by atoms with Gasteiger partial charge in [0.05, 0.1) is 18.4 Å². The third-order valence-electron chi connectivity index (χ3n) is 3.28. The number of anilines is 1. The van der Waals surface area contributed by atoms with Crippen LogP contribution in [0.3, 0.4) is 0 Å². The first-order valence-electron chi connectivity index (χ1n) is 7.23. The molecule has 0 saturated heterocycles. The molecule has 24 heavy (non-hydrogen) atoms. The Kier molecular flexibility index (Phi) is 6.23. The minimum absolute atomic E-state index is 0.186. The summed E-state index contributed by atoms with van der Waals surface area (Å²) in [5.74, 6) is -1.06. The van der Waals surface area contributed by atoms with Gasteiger partial charge in [-0.2, -0.15) is 5.26 Å². The molecule has 0 saturated carbocycles. The minimum Gasteiger partial charge on any atom is -0.461 e. The van der Waals surface area contributed by atoms with E-state index in [2.05, 4.69) is 21.2 Å². The zero-order chi connectivity index (χ0) is 17.7. The quantitative estimate of drug-likeness (QED) is 0.457. The number of nitrogens with one attached hydrogen (secondary N) is 1. The van der Waals surface area contributed by atoms with Crippen LogP contribution in [0.25, 0.3) is 0 Å². The second-order valence-corrected chi connectivity index (χ2v) is 6.34. The van der Waals surface area contributed by atoms with Crippen molar-refractivity contribution < 1.29 is 14.3 Å². The van der Waals surface area contributed by atoms with E-state index in [9.17, 15) is 9.59 Å². The Hall–Kier alpha value is -2.04. The molecule has 0 fully saturated rings. The van der Waals surface area contributed by atoms with E-state index in [-0.39, 0.29) is 25.1 Å². The van der Waals surface area contributed by atoms with Crippen molar-refractivity contribution in [2.45, 2.75) is 25.3 Å². The van der Waals surface area contributed by atoms with Gasteiger partial charge in [0, 0.05) is 16.6 Å². The first-order chi connectivity index (χ1) is 11.5. The highest BCUT2D eigenvalue weighted by molar-refractivity contribution is 9.10. The molecule has 0 aliphatic carbocycles. The number of amides is 1. The average molecular weight is 413 g/mol. The van der Waals surface area contributed by atoms with Crippen molar-refractivity contribution >= 4 is 45.1 Å². The van der Waals surface area contributed by atoms with Gasteiger partial charge in [-0.25, -0.2) is 4.79 Å². The number of alkyl halides is 1. The molecule has 2 rings (SSSR count). The van der Waals surface area contributed by atoms with Crippen molar-refractivity contribution in [3.63, 3.8) is 0 Å². The number of esters is 1. The fourth-order valence-corrected chi connectivity index (χ4v) is 2.98. The van der Waals surface area contributed by atoms with E-state index in [0.717, 1.165) is 4.47 Å². The maximum Gasteiger partial charge on any atom is 0.356 e. The van der Waals surface area contributed by atoms with Crippen LogP contribution in [-0.4, -0.2) is 24.0 Å². The first-order valence-corrected chi connectivity index (χ1v) is 8.46. The predicted molar refractivity (Wildman–Crippen MR) is 92.9 cm³/mol. The molecule has 1 heterocycles. The summed E-state index contributed by atoms with van der Waals surface area (Å²) in [4.78, 5) is 25.7. The molecule has 1 amide bonds. The number of nitrogens with zero attached hydrogens (tertiary/aromatic N) is 2. The van der Waals surface area contributed by atoms with Gasteiger partial charge in [0.15, 0.2) is 0 Å². The highest BCUT2D eigenvalue weighted by Gasteiger charge is 2.37. The summed E-state index contributed by atoms with van der Waals surface area (Å²) >= 11 is 9.75. The lowest BCUT2D eigenvalue weighted by Gasteiger charge is -2.24. The van der Waals surface area contributed by atoms with Gasteiger partial charge < -0.3 is 15.0 Å². The van der Waals surface area contributed by atoms with E-state index in [1.165, 1.54) is 0 Å². The average Bonchev–Trinajstić information content (AvgIpc) is 2.84. The van der Waals surface area contributed by atoms with Gasteiger partial charge in [-0.05, 0) is 31.2 Å². The van der Waals surface area contributed by atoms with Crippen LogP contribution in [0, 0.1) is 11.3 Å². The van der Waals surface area contributed by atoms with Crippen LogP contribution >= 0.6 is 27.5 Å². The molecule has 1 aromatic carbocycles. The van der Waals surface area contributed by atoms with Gasteiger partial charge in [-0.15, -0.1) is 0 Å². The van der Waals surface area contributed by atoms with Gasteiger partial charge >= 0.3 is 5.97 Å². The highest BCUT2D eigenvalue weighted by Crippen LogP contribution is 2.36. The lowest BCUT2D eigenvalue weighted by atomic mass is 10.2. The van der Waals surface area contributed by atoms with Gasteiger partial charge in [0.25, 0.3) is 0 Å². The summed E-state index contributed by atoms with van der Waals surface area (Å²) in [7, 11) is 0. The first kappa shape index (κ1) is 18.3. The second kappa shape index (κ2) is 8.18. The van der Waals surface area contributed by atoms with Crippen molar-refractivity contribution in [2.24, 2.45) is 0 Å². The van der Waals surface area contributed by atoms with Gasteiger partial charge in [0.1, 0.15) is 17.6 Å². The summed E-state index contributed by atoms with van der Waals surface area (Å²) in [5, 5.41) is 11.2. The summed E-state index contributed by atoms with van der Waals surface area (Å²) in [5.41, 5.74) is 0.691. The number of ether oxygens (including phenoxy) is 1. The largest absolute Gasteiger partial charge is 0.461 e. The fourth-order valence-electron chi connectivity index (χ4n) is 2.35. The summed E-state index contributed by atoms with van der Waals surface area (Å²) in [6.45, 7) is 1.90.